The number of carbonyl (C=O) groups is 2. The van der Waals surface area contributed by atoms with E-state index in [9.17, 15) is 28.4 Å². The van der Waals surface area contributed by atoms with Crippen LogP contribution in [-0.4, -0.2) is 47.8 Å². The Balaban J connectivity index is 1.52. The summed E-state index contributed by atoms with van der Waals surface area (Å²) in [6, 6.07) is 23.1. The van der Waals surface area contributed by atoms with E-state index in [1.54, 1.807) is 54.6 Å². The van der Waals surface area contributed by atoms with Crippen LogP contribution >= 0.6 is 0 Å². The van der Waals surface area contributed by atoms with Crippen LogP contribution in [0.4, 0.5) is 0 Å². The van der Waals surface area contributed by atoms with Crippen molar-refractivity contribution in [2.75, 3.05) is 6.54 Å². The number of benzene rings is 3. The summed E-state index contributed by atoms with van der Waals surface area (Å²) >= 11 is 0. The van der Waals surface area contributed by atoms with Gasteiger partial charge in [-0.25, -0.2) is 13.2 Å². The lowest BCUT2D eigenvalue weighted by Gasteiger charge is -2.34. The number of hydrogen-bond donors (Lipinski definition) is 2. The zero-order valence-corrected chi connectivity index (χ0v) is 21.1. The molecule has 4 rings (SSSR count). The molecule has 0 spiro atoms. The molecular formula is C28H27N3O5S. The lowest BCUT2D eigenvalue weighted by molar-refractivity contribution is -0.143. The van der Waals surface area contributed by atoms with Crippen molar-refractivity contribution in [2.24, 2.45) is 0 Å². The highest BCUT2D eigenvalue weighted by Gasteiger charge is 2.50. The molecule has 37 heavy (non-hydrogen) atoms. The summed E-state index contributed by atoms with van der Waals surface area (Å²) in [6.07, 6.45) is 0.784. The molecule has 0 bridgehead atoms. The first-order valence-corrected chi connectivity index (χ1v) is 13.3. The SMILES string of the molecule is C[C@@]1(C(=O)NC(Cc2ccc(-c3ccccc3C#N)cc2)C(=O)O)CCCN1S(=O)(=O)c1ccccc1. The van der Waals surface area contributed by atoms with Gasteiger partial charge < -0.3 is 10.4 Å². The number of rotatable bonds is 8. The van der Waals surface area contributed by atoms with Crippen LogP contribution < -0.4 is 5.32 Å². The summed E-state index contributed by atoms with van der Waals surface area (Å²) in [5.74, 6) is -1.86. The maximum Gasteiger partial charge on any atom is 0.326 e. The first kappa shape index (κ1) is 26.1. The molecule has 190 valence electrons. The minimum atomic E-state index is -3.94. The largest absolute Gasteiger partial charge is 0.480 e. The molecule has 1 saturated heterocycles. The van der Waals surface area contributed by atoms with Crippen molar-refractivity contribution < 1.29 is 23.1 Å². The van der Waals surface area contributed by atoms with Crippen molar-refractivity contribution in [2.45, 2.75) is 42.7 Å². The number of carboxylic acids is 1. The lowest BCUT2D eigenvalue weighted by Crippen LogP contribution is -2.58. The Hall–Kier alpha value is -4.00. The second-order valence-corrected chi connectivity index (χ2v) is 11.1. The maximum atomic E-state index is 13.4. The Morgan fingerprint density at radius 2 is 1.70 bits per heavy atom. The maximum absolute atomic E-state index is 13.4. The molecule has 9 heteroatoms. The molecule has 8 nitrogen and oxygen atoms in total. The van der Waals surface area contributed by atoms with Gasteiger partial charge in [0.05, 0.1) is 16.5 Å². The fraction of sp³-hybridized carbons (Fsp3) is 0.250. The van der Waals surface area contributed by atoms with E-state index in [-0.39, 0.29) is 24.3 Å². The standard InChI is InChI=1S/C28H27N3O5S/c1-28(16-7-17-31(28)37(35,36)23-9-3-2-4-10-23)27(34)30-25(26(32)33)18-20-12-14-21(15-13-20)24-11-6-5-8-22(24)19-29/h2-6,8-15,25H,7,16-18H2,1H3,(H,30,34)(H,32,33)/t25?,28-/m0/s1. The Kier molecular flexibility index (Phi) is 7.43. The molecule has 3 aromatic rings. The molecule has 1 unspecified atom stereocenters. The van der Waals surface area contributed by atoms with Crippen molar-refractivity contribution >= 4 is 21.9 Å². The van der Waals surface area contributed by atoms with Crippen LogP contribution in [0.5, 0.6) is 0 Å². The highest BCUT2D eigenvalue weighted by molar-refractivity contribution is 7.89. The number of nitrogens with zero attached hydrogens (tertiary/aromatic N) is 2. The molecule has 2 atom stereocenters. The van der Waals surface area contributed by atoms with E-state index in [0.29, 0.717) is 17.5 Å². The molecule has 0 aliphatic carbocycles. The minimum Gasteiger partial charge on any atom is -0.480 e. The van der Waals surface area contributed by atoms with Gasteiger partial charge >= 0.3 is 5.97 Å². The summed E-state index contributed by atoms with van der Waals surface area (Å²) in [5, 5.41) is 21.8. The zero-order valence-electron chi connectivity index (χ0n) is 20.3. The third-order valence-electron chi connectivity index (χ3n) is 6.75. The van der Waals surface area contributed by atoms with Gasteiger partial charge in [-0.15, -0.1) is 0 Å². The van der Waals surface area contributed by atoms with Crippen LogP contribution in [0.1, 0.15) is 30.9 Å². The number of sulfonamides is 1. The van der Waals surface area contributed by atoms with Gasteiger partial charge in [-0.1, -0.05) is 60.7 Å². The quantitative estimate of drug-likeness (QED) is 0.470. The van der Waals surface area contributed by atoms with Gasteiger partial charge in [-0.2, -0.15) is 9.57 Å². The Morgan fingerprint density at radius 3 is 2.35 bits per heavy atom. The van der Waals surface area contributed by atoms with Gasteiger partial charge in [0.1, 0.15) is 11.6 Å². The van der Waals surface area contributed by atoms with Gasteiger partial charge in [0.15, 0.2) is 0 Å². The van der Waals surface area contributed by atoms with Crippen molar-refractivity contribution in [1.82, 2.24) is 9.62 Å². The first-order chi connectivity index (χ1) is 17.7. The van der Waals surface area contributed by atoms with Crippen LogP contribution in [0.3, 0.4) is 0 Å². The highest BCUT2D eigenvalue weighted by atomic mass is 32.2. The number of hydrogen-bond acceptors (Lipinski definition) is 5. The molecule has 1 fully saturated rings. The predicted octanol–water partition coefficient (Wildman–Crippen LogP) is 3.58. The van der Waals surface area contributed by atoms with E-state index in [2.05, 4.69) is 11.4 Å². The average molecular weight is 518 g/mol. The highest BCUT2D eigenvalue weighted by Crippen LogP contribution is 2.35. The molecule has 1 aliphatic heterocycles. The third-order valence-corrected chi connectivity index (χ3v) is 8.79. The zero-order chi connectivity index (χ0) is 26.6. The summed E-state index contributed by atoms with van der Waals surface area (Å²) < 4.78 is 27.7. The molecule has 1 amide bonds. The predicted molar refractivity (Wildman–Crippen MR) is 138 cm³/mol. The van der Waals surface area contributed by atoms with E-state index >= 15 is 0 Å². The van der Waals surface area contributed by atoms with Gasteiger partial charge in [0.25, 0.3) is 0 Å². The fourth-order valence-electron chi connectivity index (χ4n) is 4.67. The van der Waals surface area contributed by atoms with Crippen molar-refractivity contribution in [3.05, 3.63) is 90.0 Å². The van der Waals surface area contributed by atoms with Crippen molar-refractivity contribution in [3.63, 3.8) is 0 Å². The summed E-state index contributed by atoms with van der Waals surface area (Å²) in [4.78, 5) is 25.5. The normalized spacial score (nSPS) is 18.6. The monoisotopic (exact) mass is 517 g/mol. The van der Waals surface area contributed by atoms with Crippen LogP contribution in [-0.2, 0) is 26.0 Å². The number of nitrogens with one attached hydrogen (secondary N) is 1. The molecule has 0 saturated carbocycles. The summed E-state index contributed by atoms with van der Waals surface area (Å²) in [7, 11) is -3.94. The molecule has 1 aliphatic rings. The molecule has 0 radical (unpaired) electrons. The number of amides is 1. The van der Waals surface area contributed by atoms with E-state index in [4.69, 9.17) is 0 Å². The van der Waals surface area contributed by atoms with E-state index < -0.39 is 33.5 Å². The number of nitriles is 1. The summed E-state index contributed by atoms with van der Waals surface area (Å²) in [6.45, 7) is 1.71. The van der Waals surface area contributed by atoms with Gasteiger partial charge in [-0.05, 0) is 54.7 Å². The lowest BCUT2D eigenvalue weighted by atomic mass is 9.96. The Labute approximate surface area is 216 Å². The number of carbonyl (C=O) groups excluding carboxylic acids is 1. The van der Waals surface area contributed by atoms with Crippen LogP contribution in [0.25, 0.3) is 11.1 Å². The van der Waals surface area contributed by atoms with Crippen LogP contribution in [0.15, 0.2) is 83.8 Å². The molecular weight excluding hydrogens is 490 g/mol. The van der Waals surface area contributed by atoms with Gasteiger partial charge in [-0.3, -0.25) is 4.79 Å². The molecule has 0 aromatic heterocycles. The van der Waals surface area contributed by atoms with Crippen molar-refractivity contribution in [3.8, 4) is 17.2 Å². The fourth-order valence-corrected chi connectivity index (χ4v) is 6.50. The summed E-state index contributed by atoms with van der Waals surface area (Å²) in [5.41, 5.74) is 1.39. The van der Waals surface area contributed by atoms with Gasteiger partial charge in [0.2, 0.25) is 15.9 Å². The van der Waals surface area contributed by atoms with Crippen LogP contribution in [0.2, 0.25) is 0 Å². The Bertz CT molecular complexity index is 1450. The first-order valence-electron chi connectivity index (χ1n) is 11.9. The molecule has 2 N–H and O–H groups in total. The smallest absolute Gasteiger partial charge is 0.326 e. The Morgan fingerprint density at radius 1 is 1.05 bits per heavy atom. The number of carboxylic acid groups (broad SMARTS) is 1. The minimum absolute atomic E-state index is 0.0166. The van der Waals surface area contributed by atoms with Gasteiger partial charge in [0, 0.05) is 13.0 Å². The molecule has 1 heterocycles. The van der Waals surface area contributed by atoms with Crippen molar-refractivity contribution in [1.29, 1.82) is 5.26 Å². The average Bonchev–Trinajstić information content (AvgIpc) is 3.33. The van der Waals surface area contributed by atoms with E-state index in [1.165, 1.54) is 23.4 Å². The third kappa shape index (κ3) is 5.26. The molecule has 3 aromatic carbocycles. The second kappa shape index (κ2) is 10.5. The topological polar surface area (TPSA) is 128 Å². The number of aliphatic carboxylic acids is 1. The van der Waals surface area contributed by atoms with E-state index in [1.807, 2.05) is 12.1 Å². The van der Waals surface area contributed by atoms with E-state index in [0.717, 1.165) is 11.1 Å². The second-order valence-electron chi connectivity index (χ2n) is 9.19. The van der Waals surface area contributed by atoms with Crippen LogP contribution in [0, 0.1) is 11.3 Å².